The van der Waals surface area contributed by atoms with Crippen LogP contribution < -0.4 is 5.43 Å². The smallest absolute Gasteiger partial charge is 0.259 e. The van der Waals surface area contributed by atoms with Crippen molar-refractivity contribution in [2.75, 3.05) is 26.2 Å². The van der Waals surface area contributed by atoms with Crippen molar-refractivity contribution in [2.45, 2.75) is 43.4 Å². The topological polar surface area (TPSA) is 45.6 Å². The second-order valence-corrected chi connectivity index (χ2v) is 11.1. The summed E-state index contributed by atoms with van der Waals surface area (Å²) in [5, 5.41) is 4.42. The van der Waals surface area contributed by atoms with Gasteiger partial charge in [-0.3, -0.25) is 14.5 Å². The van der Waals surface area contributed by atoms with Crippen LogP contribution in [0.25, 0.3) is 5.69 Å². The summed E-state index contributed by atoms with van der Waals surface area (Å²) in [7, 11) is 0. The first-order valence-corrected chi connectivity index (χ1v) is 13.3. The van der Waals surface area contributed by atoms with Crippen LogP contribution in [0.1, 0.15) is 46.4 Å². The van der Waals surface area contributed by atoms with E-state index in [1.54, 1.807) is 17.4 Å². The summed E-state index contributed by atoms with van der Waals surface area (Å²) in [5.41, 5.74) is 4.18. The standard InChI is InChI=1S/C26H29N3O2S2/c1-17(2)27-9-11-28(12-10-27)26(31)25-21-15-24(19-8-13-32-16-19)33-23-7-5-4-6-20(23)29(21)18(3)14-22(25)30/h4-8,13-14,16-17,24H,9-12,15H2,1-3H3/t24-/m1/s1. The predicted molar refractivity (Wildman–Crippen MR) is 136 cm³/mol. The summed E-state index contributed by atoms with van der Waals surface area (Å²) < 4.78 is 2.15. The molecule has 33 heavy (non-hydrogen) atoms. The van der Waals surface area contributed by atoms with E-state index in [4.69, 9.17) is 0 Å². The van der Waals surface area contributed by atoms with Gasteiger partial charge in [-0.05, 0) is 55.3 Å². The van der Waals surface area contributed by atoms with Gasteiger partial charge in [0.15, 0.2) is 5.43 Å². The summed E-state index contributed by atoms with van der Waals surface area (Å²) >= 11 is 3.50. The fraction of sp³-hybridized carbons (Fsp3) is 0.385. The van der Waals surface area contributed by atoms with E-state index in [-0.39, 0.29) is 16.6 Å². The van der Waals surface area contributed by atoms with Gasteiger partial charge in [0.2, 0.25) is 0 Å². The maximum atomic E-state index is 13.8. The largest absolute Gasteiger partial charge is 0.336 e. The number of thioether (sulfide) groups is 1. The van der Waals surface area contributed by atoms with Crippen LogP contribution in [0.5, 0.6) is 0 Å². The zero-order valence-corrected chi connectivity index (χ0v) is 20.9. The Labute approximate surface area is 203 Å². The van der Waals surface area contributed by atoms with Crippen molar-refractivity contribution >= 4 is 29.0 Å². The lowest BCUT2D eigenvalue weighted by Crippen LogP contribution is -2.51. The van der Waals surface area contributed by atoms with Crippen LogP contribution in [-0.2, 0) is 6.42 Å². The predicted octanol–water partition coefficient (Wildman–Crippen LogP) is 4.76. The summed E-state index contributed by atoms with van der Waals surface area (Å²) in [6.45, 7) is 9.33. The number of hydrogen-bond donors (Lipinski definition) is 0. The normalized spacial score (nSPS) is 18.7. The number of carbonyl (C=O) groups excluding carboxylic acids is 1. The molecule has 5 rings (SSSR count). The monoisotopic (exact) mass is 479 g/mol. The van der Waals surface area contributed by atoms with Gasteiger partial charge in [-0.1, -0.05) is 12.1 Å². The highest BCUT2D eigenvalue weighted by Gasteiger charge is 2.32. The fourth-order valence-corrected chi connectivity index (χ4v) is 6.97. The third-order valence-corrected chi connectivity index (χ3v) is 8.74. The van der Waals surface area contributed by atoms with Gasteiger partial charge >= 0.3 is 0 Å². The lowest BCUT2D eigenvalue weighted by atomic mass is 10.0. The molecule has 1 saturated heterocycles. The number of benzene rings is 1. The number of fused-ring (bicyclic) bond motifs is 3. The Bertz CT molecular complexity index is 1220. The molecule has 0 radical (unpaired) electrons. The van der Waals surface area contributed by atoms with Crippen molar-refractivity contribution < 1.29 is 4.79 Å². The molecule has 4 heterocycles. The molecule has 0 unspecified atom stereocenters. The average Bonchev–Trinajstić information content (AvgIpc) is 3.28. The summed E-state index contributed by atoms with van der Waals surface area (Å²) in [6.07, 6.45) is 0.639. The molecule has 0 spiro atoms. The van der Waals surface area contributed by atoms with Crippen LogP contribution in [-0.4, -0.2) is 52.5 Å². The van der Waals surface area contributed by atoms with E-state index in [0.29, 0.717) is 31.1 Å². The van der Waals surface area contributed by atoms with Gasteiger partial charge in [-0.25, -0.2) is 0 Å². The molecule has 2 aromatic heterocycles. The number of aryl methyl sites for hydroxylation is 1. The van der Waals surface area contributed by atoms with E-state index in [9.17, 15) is 9.59 Å². The molecule has 1 aromatic carbocycles. The number of amides is 1. The molecule has 0 aliphatic carbocycles. The van der Waals surface area contributed by atoms with Gasteiger partial charge in [-0.15, -0.1) is 11.8 Å². The van der Waals surface area contributed by atoms with Gasteiger partial charge in [0.25, 0.3) is 5.91 Å². The second-order valence-electron chi connectivity index (χ2n) is 9.06. The second kappa shape index (κ2) is 9.12. The molecule has 5 nitrogen and oxygen atoms in total. The average molecular weight is 480 g/mol. The van der Waals surface area contributed by atoms with Crippen molar-refractivity contribution in [1.29, 1.82) is 0 Å². The van der Waals surface area contributed by atoms with Gasteiger partial charge < -0.3 is 9.47 Å². The summed E-state index contributed by atoms with van der Waals surface area (Å²) in [6, 6.07) is 12.6. The first-order valence-electron chi connectivity index (χ1n) is 11.5. The highest BCUT2D eigenvalue weighted by molar-refractivity contribution is 7.99. The number of thiophene rings is 1. The molecule has 1 fully saturated rings. The number of rotatable bonds is 3. The first kappa shape index (κ1) is 22.4. The Kier molecular flexibility index (Phi) is 6.20. The van der Waals surface area contributed by atoms with E-state index in [1.165, 1.54) is 10.5 Å². The molecule has 2 aliphatic heterocycles. The fourth-order valence-electron chi connectivity index (χ4n) is 4.91. The molecule has 3 aromatic rings. The van der Waals surface area contributed by atoms with Crippen LogP contribution in [0.3, 0.4) is 0 Å². The minimum Gasteiger partial charge on any atom is -0.336 e. The number of carbonyl (C=O) groups is 1. The minimum atomic E-state index is -0.163. The van der Waals surface area contributed by atoms with Crippen molar-refractivity contribution in [2.24, 2.45) is 0 Å². The zero-order chi connectivity index (χ0) is 23.1. The number of piperazine rings is 1. The molecule has 0 bridgehead atoms. The molecule has 7 heteroatoms. The van der Waals surface area contributed by atoms with Crippen LogP contribution >= 0.6 is 23.1 Å². The maximum absolute atomic E-state index is 13.8. The SMILES string of the molecule is Cc1cc(=O)c(C(=O)N2CCN(C(C)C)CC2)c2n1-c1ccccc1S[C@@H](c1ccsc1)C2. The van der Waals surface area contributed by atoms with Gasteiger partial charge in [0.1, 0.15) is 5.56 Å². The van der Waals surface area contributed by atoms with Gasteiger partial charge in [-0.2, -0.15) is 11.3 Å². The Morgan fingerprint density at radius 1 is 1.09 bits per heavy atom. The van der Waals surface area contributed by atoms with Crippen molar-refractivity contribution in [3.63, 3.8) is 0 Å². The van der Waals surface area contributed by atoms with Gasteiger partial charge in [0.05, 0.1) is 5.69 Å². The number of pyridine rings is 1. The molecule has 0 N–H and O–H groups in total. The molecule has 0 saturated carbocycles. The first-order chi connectivity index (χ1) is 15.9. The Balaban J connectivity index is 1.62. The lowest BCUT2D eigenvalue weighted by molar-refractivity contribution is 0.0592. The van der Waals surface area contributed by atoms with E-state index in [1.807, 2.05) is 29.7 Å². The number of aromatic nitrogens is 1. The zero-order valence-electron chi connectivity index (χ0n) is 19.3. The molecule has 172 valence electrons. The van der Waals surface area contributed by atoms with Crippen LogP contribution in [0.2, 0.25) is 0 Å². The van der Waals surface area contributed by atoms with E-state index in [2.05, 4.69) is 58.3 Å². The maximum Gasteiger partial charge on any atom is 0.259 e. The van der Waals surface area contributed by atoms with Crippen LogP contribution in [0.15, 0.2) is 56.8 Å². The molecular formula is C26H29N3O2S2. The Morgan fingerprint density at radius 3 is 2.55 bits per heavy atom. The van der Waals surface area contributed by atoms with Crippen molar-refractivity contribution in [3.05, 3.63) is 79.9 Å². The number of hydrogen-bond acceptors (Lipinski definition) is 5. The minimum absolute atomic E-state index is 0.124. The van der Waals surface area contributed by atoms with Crippen molar-refractivity contribution in [1.82, 2.24) is 14.4 Å². The number of para-hydroxylation sites is 1. The highest BCUT2D eigenvalue weighted by atomic mass is 32.2. The van der Waals surface area contributed by atoms with Crippen LogP contribution in [0.4, 0.5) is 0 Å². The third-order valence-electron chi connectivity index (χ3n) is 6.71. The quantitative estimate of drug-likeness (QED) is 0.543. The number of nitrogens with zero attached hydrogens (tertiary/aromatic N) is 3. The summed E-state index contributed by atoms with van der Waals surface area (Å²) in [4.78, 5) is 32.5. The molecule has 1 atom stereocenters. The van der Waals surface area contributed by atoms with Crippen LogP contribution in [0, 0.1) is 6.92 Å². The lowest BCUT2D eigenvalue weighted by Gasteiger charge is -2.37. The van der Waals surface area contributed by atoms with E-state index < -0.39 is 0 Å². The van der Waals surface area contributed by atoms with E-state index in [0.717, 1.165) is 30.2 Å². The Morgan fingerprint density at radius 2 is 1.85 bits per heavy atom. The van der Waals surface area contributed by atoms with E-state index >= 15 is 0 Å². The highest BCUT2D eigenvalue weighted by Crippen LogP contribution is 2.44. The Hall–Kier alpha value is -2.35. The molecule has 2 aliphatic rings. The van der Waals surface area contributed by atoms with Crippen molar-refractivity contribution in [3.8, 4) is 5.69 Å². The molecular weight excluding hydrogens is 450 g/mol. The summed E-state index contributed by atoms with van der Waals surface area (Å²) in [5.74, 6) is -0.124. The third kappa shape index (κ3) is 4.18. The van der Waals surface area contributed by atoms with Gasteiger partial charge in [0, 0.05) is 66.2 Å². The molecule has 1 amide bonds.